The van der Waals surface area contributed by atoms with Crippen molar-refractivity contribution in [2.45, 2.75) is 39.2 Å². The third-order valence-corrected chi connectivity index (χ3v) is 4.51. The van der Waals surface area contributed by atoms with E-state index in [0.29, 0.717) is 6.42 Å². The lowest BCUT2D eigenvalue weighted by Gasteiger charge is -2.18. The van der Waals surface area contributed by atoms with Gasteiger partial charge in [0.05, 0.1) is 7.11 Å². The normalized spacial score (nSPS) is 12.5. The van der Waals surface area contributed by atoms with Gasteiger partial charge in [0.1, 0.15) is 6.04 Å². The van der Waals surface area contributed by atoms with Gasteiger partial charge in [-0.05, 0) is 30.5 Å². The Morgan fingerprint density at radius 1 is 0.931 bits per heavy atom. The Morgan fingerprint density at radius 2 is 1.55 bits per heavy atom. The summed E-state index contributed by atoms with van der Waals surface area (Å²) in [4.78, 5) is 36.6. The summed E-state index contributed by atoms with van der Waals surface area (Å²) in [5, 5.41) is 5.56. The number of benzene rings is 2. The predicted molar refractivity (Wildman–Crippen MR) is 112 cm³/mol. The van der Waals surface area contributed by atoms with E-state index in [2.05, 4.69) is 10.6 Å². The van der Waals surface area contributed by atoms with E-state index in [0.717, 1.165) is 16.8 Å². The van der Waals surface area contributed by atoms with Crippen molar-refractivity contribution < 1.29 is 19.1 Å². The number of anilines is 1. The molecule has 6 heteroatoms. The number of carbonyl (C=O) groups excluding carboxylic acids is 3. The number of carbonyl (C=O) groups is 3. The monoisotopic (exact) mass is 396 g/mol. The van der Waals surface area contributed by atoms with Crippen LogP contribution < -0.4 is 10.6 Å². The van der Waals surface area contributed by atoms with Gasteiger partial charge in [-0.15, -0.1) is 0 Å². The molecule has 0 bridgehead atoms. The van der Waals surface area contributed by atoms with Crippen LogP contribution >= 0.6 is 0 Å². The smallest absolute Gasteiger partial charge is 0.328 e. The summed E-state index contributed by atoms with van der Waals surface area (Å²) < 4.78 is 4.81. The van der Waals surface area contributed by atoms with Crippen LogP contribution in [0.5, 0.6) is 0 Å². The van der Waals surface area contributed by atoms with Crippen molar-refractivity contribution in [1.29, 1.82) is 0 Å². The highest BCUT2D eigenvalue weighted by Gasteiger charge is 2.23. The van der Waals surface area contributed by atoms with E-state index in [1.807, 2.05) is 68.4 Å². The molecule has 0 fully saturated rings. The highest BCUT2D eigenvalue weighted by Crippen LogP contribution is 2.13. The Bertz CT molecular complexity index is 819. The van der Waals surface area contributed by atoms with Gasteiger partial charge in [-0.25, -0.2) is 4.79 Å². The van der Waals surface area contributed by atoms with E-state index in [-0.39, 0.29) is 30.6 Å². The van der Waals surface area contributed by atoms with Crippen molar-refractivity contribution in [2.75, 3.05) is 12.4 Å². The standard InChI is InChI=1S/C23H28N2O4/c1-16-9-11-19(12-10-16)24-21(26)13-17(2)14-22(27)25-20(23(28)29-3)15-18-7-5-4-6-8-18/h4-12,17,20H,13-15H2,1-3H3,(H,24,26)(H,25,27)/t17-,20-/m0/s1. The van der Waals surface area contributed by atoms with Crippen molar-refractivity contribution in [3.8, 4) is 0 Å². The minimum absolute atomic E-state index is 0.142. The van der Waals surface area contributed by atoms with E-state index < -0.39 is 12.0 Å². The molecule has 2 rings (SSSR count). The first kappa shape index (κ1) is 22.1. The van der Waals surface area contributed by atoms with E-state index in [4.69, 9.17) is 4.74 Å². The van der Waals surface area contributed by atoms with Crippen LogP contribution in [0.15, 0.2) is 54.6 Å². The van der Waals surface area contributed by atoms with Crippen LogP contribution in [0, 0.1) is 12.8 Å². The second-order valence-corrected chi connectivity index (χ2v) is 7.26. The Hall–Kier alpha value is -3.15. The number of ether oxygens (including phenoxy) is 1. The van der Waals surface area contributed by atoms with Crippen LogP contribution in [0.25, 0.3) is 0 Å². The van der Waals surface area contributed by atoms with Crippen LogP contribution in [0.3, 0.4) is 0 Å². The Kier molecular flexibility index (Phi) is 8.40. The quantitative estimate of drug-likeness (QED) is 0.637. The average molecular weight is 396 g/mol. The zero-order valence-electron chi connectivity index (χ0n) is 17.1. The fourth-order valence-corrected chi connectivity index (χ4v) is 2.99. The molecule has 0 radical (unpaired) electrons. The number of aryl methyl sites for hydroxylation is 1. The van der Waals surface area contributed by atoms with Crippen molar-refractivity contribution in [3.63, 3.8) is 0 Å². The zero-order chi connectivity index (χ0) is 21.2. The Balaban J connectivity index is 1.85. The molecule has 2 N–H and O–H groups in total. The first-order valence-corrected chi connectivity index (χ1v) is 9.65. The number of esters is 1. The lowest BCUT2D eigenvalue weighted by molar-refractivity contribution is -0.145. The molecule has 2 aromatic rings. The van der Waals surface area contributed by atoms with Gasteiger partial charge in [-0.3, -0.25) is 9.59 Å². The molecule has 0 aliphatic carbocycles. The summed E-state index contributed by atoms with van der Waals surface area (Å²) in [7, 11) is 1.30. The fraction of sp³-hybridized carbons (Fsp3) is 0.348. The summed E-state index contributed by atoms with van der Waals surface area (Å²) in [6, 6.07) is 16.2. The lowest BCUT2D eigenvalue weighted by atomic mass is 10.0. The molecule has 0 aliphatic heterocycles. The number of rotatable bonds is 9. The van der Waals surface area contributed by atoms with Crippen molar-refractivity contribution >= 4 is 23.5 Å². The van der Waals surface area contributed by atoms with Crippen LogP contribution in [-0.2, 0) is 25.5 Å². The van der Waals surface area contributed by atoms with Crippen molar-refractivity contribution in [3.05, 3.63) is 65.7 Å². The largest absolute Gasteiger partial charge is 0.467 e. The van der Waals surface area contributed by atoms with Gasteiger partial charge < -0.3 is 15.4 Å². The maximum Gasteiger partial charge on any atom is 0.328 e. The van der Waals surface area contributed by atoms with E-state index in [9.17, 15) is 14.4 Å². The molecule has 0 aromatic heterocycles. The van der Waals surface area contributed by atoms with Gasteiger partial charge in [0.15, 0.2) is 0 Å². The molecule has 2 amide bonds. The highest BCUT2D eigenvalue weighted by atomic mass is 16.5. The van der Waals surface area contributed by atoms with Crippen molar-refractivity contribution in [2.24, 2.45) is 5.92 Å². The molecular formula is C23H28N2O4. The molecule has 29 heavy (non-hydrogen) atoms. The lowest BCUT2D eigenvalue weighted by Crippen LogP contribution is -2.43. The van der Waals surface area contributed by atoms with Gasteiger partial charge in [0, 0.05) is 24.9 Å². The first-order chi connectivity index (χ1) is 13.9. The minimum atomic E-state index is -0.761. The molecule has 2 aromatic carbocycles. The predicted octanol–water partition coefficient (Wildman–Crippen LogP) is 3.25. The van der Waals surface area contributed by atoms with Crippen LogP contribution in [-0.4, -0.2) is 30.9 Å². The molecule has 0 spiro atoms. The molecule has 2 atom stereocenters. The Morgan fingerprint density at radius 3 is 2.17 bits per heavy atom. The van der Waals surface area contributed by atoms with Gasteiger partial charge in [-0.2, -0.15) is 0 Å². The molecule has 154 valence electrons. The number of methoxy groups -OCH3 is 1. The summed E-state index contributed by atoms with van der Waals surface area (Å²) in [6.45, 7) is 3.81. The van der Waals surface area contributed by atoms with E-state index >= 15 is 0 Å². The second-order valence-electron chi connectivity index (χ2n) is 7.26. The maximum absolute atomic E-state index is 12.4. The molecule has 0 saturated heterocycles. The molecule has 0 unspecified atom stereocenters. The third-order valence-electron chi connectivity index (χ3n) is 4.51. The average Bonchev–Trinajstić information content (AvgIpc) is 2.69. The van der Waals surface area contributed by atoms with Crippen LogP contribution in [0.2, 0.25) is 0 Å². The van der Waals surface area contributed by atoms with Crippen LogP contribution in [0.4, 0.5) is 5.69 Å². The van der Waals surface area contributed by atoms with Gasteiger partial charge in [-0.1, -0.05) is 55.0 Å². The van der Waals surface area contributed by atoms with E-state index in [1.54, 1.807) is 0 Å². The van der Waals surface area contributed by atoms with E-state index in [1.165, 1.54) is 7.11 Å². The summed E-state index contributed by atoms with van der Waals surface area (Å²) in [5.41, 5.74) is 2.77. The second kappa shape index (κ2) is 11.0. The third kappa shape index (κ3) is 7.78. The summed E-state index contributed by atoms with van der Waals surface area (Å²) in [6.07, 6.45) is 0.702. The fourth-order valence-electron chi connectivity index (χ4n) is 2.99. The van der Waals surface area contributed by atoms with Gasteiger partial charge >= 0.3 is 5.97 Å². The number of nitrogens with one attached hydrogen (secondary N) is 2. The number of hydrogen-bond donors (Lipinski definition) is 2. The highest BCUT2D eigenvalue weighted by molar-refractivity contribution is 5.91. The first-order valence-electron chi connectivity index (χ1n) is 9.65. The minimum Gasteiger partial charge on any atom is -0.467 e. The molecule has 6 nitrogen and oxygen atoms in total. The van der Waals surface area contributed by atoms with Crippen molar-refractivity contribution in [1.82, 2.24) is 5.32 Å². The molecule has 0 heterocycles. The summed E-state index contributed by atoms with van der Waals surface area (Å²) >= 11 is 0. The zero-order valence-corrected chi connectivity index (χ0v) is 17.1. The SMILES string of the molecule is COC(=O)[C@H](Cc1ccccc1)NC(=O)C[C@@H](C)CC(=O)Nc1ccc(C)cc1. The maximum atomic E-state index is 12.4. The molecular weight excluding hydrogens is 368 g/mol. The molecule has 0 aliphatic rings. The Labute approximate surface area is 171 Å². The molecule has 0 saturated carbocycles. The van der Waals surface area contributed by atoms with Crippen LogP contribution in [0.1, 0.15) is 30.9 Å². The van der Waals surface area contributed by atoms with Gasteiger partial charge in [0.2, 0.25) is 11.8 Å². The van der Waals surface area contributed by atoms with Gasteiger partial charge in [0.25, 0.3) is 0 Å². The topological polar surface area (TPSA) is 84.5 Å². The number of amides is 2. The summed E-state index contributed by atoms with van der Waals surface area (Å²) in [5.74, 6) is -1.10. The number of hydrogen-bond acceptors (Lipinski definition) is 4.